The van der Waals surface area contributed by atoms with Crippen molar-refractivity contribution in [1.29, 1.82) is 5.41 Å². The van der Waals surface area contributed by atoms with Gasteiger partial charge in [-0.3, -0.25) is 4.90 Å². The minimum Gasteiger partial charge on any atom is -0.489 e. The summed E-state index contributed by atoms with van der Waals surface area (Å²) in [5.41, 5.74) is 3.63. The Hall–Kier alpha value is -2.54. The molecule has 0 radical (unpaired) electrons. The molecule has 1 aromatic rings. The molecule has 2 heterocycles. The standard InChI is InChI=1S/C26H38N4O3/c1-17-16-29(3)13-12-23(17)28-15-19(14-27)21-10-11-24-22(25(21)33-20-6-5-7-20)9-8-18(2)30(24)26(31)32-4/h10-11,14-15,17-18,20,23,27-28H,5-9,12-13,16H2,1-4H3/b19-15+,27-14?/t17?,18-,23?/m0/s1. The number of hydrogen-bond acceptors (Lipinski definition) is 6. The Balaban J connectivity index is 1.69. The van der Waals surface area contributed by atoms with Gasteiger partial charge in [0.15, 0.2) is 0 Å². The Morgan fingerprint density at radius 3 is 2.64 bits per heavy atom. The van der Waals surface area contributed by atoms with E-state index in [2.05, 4.69) is 31.1 Å². The number of benzene rings is 1. The van der Waals surface area contributed by atoms with Gasteiger partial charge in [-0.2, -0.15) is 0 Å². The van der Waals surface area contributed by atoms with Crippen molar-refractivity contribution in [2.45, 2.75) is 70.6 Å². The van der Waals surface area contributed by atoms with Crippen LogP contribution in [-0.2, 0) is 11.2 Å². The number of carbonyl (C=O) groups is 1. The van der Waals surface area contributed by atoms with Crippen LogP contribution in [0.25, 0.3) is 5.57 Å². The van der Waals surface area contributed by atoms with Crippen molar-refractivity contribution in [3.63, 3.8) is 0 Å². The molecular weight excluding hydrogens is 416 g/mol. The number of nitrogens with one attached hydrogen (secondary N) is 2. The zero-order valence-electron chi connectivity index (χ0n) is 20.4. The first-order valence-corrected chi connectivity index (χ1v) is 12.3. The first-order chi connectivity index (χ1) is 15.9. The Morgan fingerprint density at radius 1 is 1.21 bits per heavy atom. The van der Waals surface area contributed by atoms with Crippen molar-refractivity contribution in [2.24, 2.45) is 5.92 Å². The summed E-state index contributed by atoms with van der Waals surface area (Å²) in [5.74, 6) is 1.36. The van der Waals surface area contributed by atoms with E-state index in [0.29, 0.717) is 12.0 Å². The van der Waals surface area contributed by atoms with Crippen LogP contribution in [0.3, 0.4) is 0 Å². The van der Waals surface area contributed by atoms with Gasteiger partial charge < -0.3 is 25.1 Å². The number of hydrogen-bond donors (Lipinski definition) is 2. The average molecular weight is 455 g/mol. The third kappa shape index (κ3) is 4.88. The summed E-state index contributed by atoms with van der Waals surface area (Å²) in [5, 5.41) is 11.8. The monoisotopic (exact) mass is 454 g/mol. The number of amides is 1. The summed E-state index contributed by atoms with van der Waals surface area (Å²) in [6.45, 7) is 6.47. The van der Waals surface area contributed by atoms with Gasteiger partial charge in [-0.25, -0.2) is 4.79 Å². The van der Waals surface area contributed by atoms with Gasteiger partial charge in [-0.1, -0.05) is 6.92 Å². The van der Waals surface area contributed by atoms with Crippen molar-refractivity contribution < 1.29 is 14.3 Å². The first kappa shape index (κ1) is 23.6. The second-order valence-corrected chi connectivity index (χ2v) is 9.88. The number of piperidine rings is 1. The highest BCUT2D eigenvalue weighted by Gasteiger charge is 2.33. The summed E-state index contributed by atoms with van der Waals surface area (Å²) >= 11 is 0. The molecule has 0 spiro atoms. The van der Waals surface area contributed by atoms with Crippen LogP contribution in [0.15, 0.2) is 18.3 Å². The molecule has 3 aliphatic rings. The summed E-state index contributed by atoms with van der Waals surface area (Å²) in [4.78, 5) is 16.7. The first-order valence-electron chi connectivity index (χ1n) is 12.3. The van der Waals surface area contributed by atoms with Gasteiger partial charge in [-0.05, 0) is 77.1 Å². The minimum atomic E-state index is -0.341. The number of ether oxygens (including phenoxy) is 2. The number of methoxy groups -OCH3 is 1. The van der Waals surface area contributed by atoms with E-state index in [1.54, 1.807) is 4.90 Å². The van der Waals surface area contributed by atoms with E-state index in [4.69, 9.17) is 14.9 Å². The molecule has 33 heavy (non-hydrogen) atoms. The number of fused-ring (bicyclic) bond motifs is 1. The van der Waals surface area contributed by atoms with Gasteiger partial charge in [0.05, 0.1) is 18.9 Å². The predicted octanol–water partition coefficient (Wildman–Crippen LogP) is 4.45. The fourth-order valence-electron chi connectivity index (χ4n) is 5.19. The smallest absolute Gasteiger partial charge is 0.414 e. The Morgan fingerprint density at radius 2 is 2.00 bits per heavy atom. The van der Waals surface area contributed by atoms with Crippen LogP contribution in [0.1, 0.15) is 57.1 Å². The number of likely N-dealkylation sites (tertiary alicyclic amines) is 1. The van der Waals surface area contributed by atoms with Gasteiger partial charge in [0.1, 0.15) is 5.75 Å². The fraction of sp³-hybridized carbons (Fsp3) is 0.615. The lowest BCUT2D eigenvalue weighted by Crippen LogP contribution is -2.45. The lowest BCUT2D eigenvalue weighted by atomic mass is 9.90. The zero-order chi connectivity index (χ0) is 23.5. The van der Waals surface area contributed by atoms with Crippen molar-refractivity contribution in [3.8, 4) is 5.75 Å². The molecule has 3 atom stereocenters. The van der Waals surface area contributed by atoms with Crippen LogP contribution in [0.4, 0.5) is 10.5 Å². The molecule has 1 saturated heterocycles. The SMILES string of the molecule is COC(=O)N1c2ccc(/C(C=N)=C/NC3CCN(C)CC3C)c(OC3CCC3)c2CC[C@@H]1C. The highest BCUT2D eigenvalue weighted by atomic mass is 16.5. The summed E-state index contributed by atoms with van der Waals surface area (Å²) in [7, 11) is 3.59. The molecular formula is C26H38N4O3. The molecule has 7 heteroatoms. The topological polar surface area (TPSA) is 77.9 Å². The van der Waals surface area contributed by atoms with Gasteiger partial charge in [0.25, 0.3) is 0 Å². The molecule has 2 fully saturated rings. The van der Waals surface area contributed by atoms with Crippen LogP contribution in [0.2, 0.25) is 0 Å². The van der Waals surface area contributed by atoms with Gasteiger partial charge in [-0.15, -0.1) is 0 Å². The molecule has 4 rings (SSSR count). The molecule has 1 saturated carbocycles. The average Bonchev–Trinajstić information content (AvgIpc) is 2.77. The number of anilines is 1. The van der Waals surface area contributed by atoms with Gasteiger partial charge >= 0.3 is 6.09 Å². The molecule has 1 amide bonds. The quantitative estimate of drug-likeness (QED) is 0.621. The molecule has 2 N–H and O–H groups in total. The summed E-state index contributed by atoms with van der Waals surface area (Å²) < 4.78 is 11.6. The zero-order valence-corrected chi connectivity index (χ0v) is 20.4. The van der Waals surface area contributed by atoms with Crippen LogP contribution >= 0.6 is 0 Å². The number of allylic oxidation sites excluding steroid dienone is 1. The van der Waals surface area contributed by atoms with E-state index >= 15 is 0 Å². The summed E-state index contributed by atoms with van der Waals surface area (Å²) in [6.07, 6.45) is 9.31. The third-order valence-electron chi connectivity index (χ3n) is 7.48. The van der Waals surface area contributed by atoms with Crippen molar-refractivity contribution >= 4 is 23.6 Å². The molecule has 2 unspecified atom stereocenters. The Bertz CT molecular complexity index is 911. The molecule has 7 nitrogen and oxygen atoms in total. The van der Waals surface area contributed by atoms with Crippen molar-refractivity contribution in [1.82, 2.24) is 10.2 Å². The second-order valence-electron chi connectivity index (χ2n) is 9.88. The van der Waals surface area contributed by atoms with E-state index in [1.165, 1.54) is 19.7 Å². The molecule has 0 aromatic heterocycles. The van der Waals surface area contributed by atoms with E-state index in [1.807, 2.05) is 18.3 Å². The minimum absolute atomic E-state index is 0.0673. The van der Waals surface area contributed by atoms with Crippen molar-refractivity contribution in [2.75, 3.05) is 32.1 Å². The third-order valence-corrected chi connectivity index (χ3v) is 7.48. The van der Waals surface area contributed by atoms with E-state index in [-0.39, 0.29) is 18.2 Å². The predicted molar refractivity (Wildman–Crippen MR) is 132 cm³/mol. The van der Waals surface area contributed by atoms with E-state index in [0.717, 1.165) is 73.3 Å². The molecule has 1 aromatic carbocycles. The second kappa shape index (κ2) is 10.2. The van der Waals surface area contributed by atoms with Crippen LogP contribution in [-0.4, -0.2) is 62.6 Å². The Kier molecular flexibility index (Phi) is 7.27. The maximum absolute atomic E-state index is 12.5. The molecule has 0 bridgehead atoms. The lowest BCUT2D eigenvalue weighted by Gasteiger charge is -2.37. The lowest BCUT2D eigenvalue weighted by molar-refractivity contribution is 0.118. The normalized spacial score (nSPS) is 26.2. The number of nitrogens with zero attached hydrogens (tertiary/aromatic N) is 2. The highest BCUT2D eigenvalue weighted by molar-refractivity contribution is 6.10. The van der Waals surface area contributed by atoms with Gasteiger partial charge in [0.2, 0.25) is 0 Å². The maximum Gasteiger partial charge on any atom is 0.414 e. The largest absolute Gasteiger partial charge is 0.489 e. The van der Waals surface area contributed by atoms with E-state index in [9.17, 15) is 4.79 Å². The van der Waals surface area contributed by atoms with Crippen LogP contribution in [0, 0.1) is 11.3 Å². The fourth-order valence-corrected chi connectivity index (χ4v) is 5.19. The van der Waals surface area contributed by atoms with Crippen LogP contribution in [0.5, 0.6) is 5.75 Å². The molecule has 180 valence electrons. The maximum atomic E-state index is 12.5. The number of carbonyl (C=O) groups excluding carboxylic acids is 1. The van der Waals surface area contributed by atoms with Gasteiger partial charge in [0, 0.05) is 47.7 Å². The molecule has 2 aliphatic heterocycles. The van der Waals surface area contributed by atoms with E-state index < -0.39 is 0 Å². The summed E-state index contributed by atoms with van der Waals surface area (Å²) in [6, 6.07) is 4.44. The molecule has 1 aliphatic carbocycles. The Labute approximate surface area is 197 Å². The highest BCUT2D eigenvalue weighted by Crippen LogP contribution is 2.43. The van der Waals surface area contributed by atoms with Crippen molar-refractivity contribution in [3.05, 3.63) is 29.5 Å². The van der Waals surface area contributed by atoms with Crippen LogP contribution < -0.4 is 15.0 Å². The number of rotatable bonds is 6.